The molecule has 18 heavy (non-hydrogen) atoms. The van der Waals surface area contributed by atoms with Crippen molar-refractivity contribution in [2.75, 3.05) is 12.8 Å². The maximum atomic E-state index is 12.1. The zero-order valence-electron chi connectivity index (χ0n) is 10.5. The van der Waals surface area contributed by atoms with Gasteiger partial charge in [-0.15, -0.1) is 0 Å². The number of methoxy groups -OCH3 is 1. The maximum absolute atomic E-state index is 12.1. The highest BCUT2D eigenvalue weighted by Gasteiger charge is 2.33. The minimum Gasteiger partial charge on any atom is -0.381 e. The van der Waals surface area contributed by atoms with Gasteiger partial charge in [-0.3, -0.25) is 4.68 Å². The van der Waals surface area contributed by atoms with E-state index in [1.165, 1.54) is 10.9 Å². The lowest BCUT2D eigenvalue weighted by atomic mass is 9.90. The number of nitrogen functional groups attached to an aromatic ring is 1. The Hall–Kier alpha value is -1.12. The van der Waals surface area contributed by atoms with Crippen LogP contribution in [0.4, 0.5) is 5.82 Å². The van der Waals surface area contributed by atoms with Gasteiger partial charge in [-0.05, 0) is 19.8 Å². The number of hydrogen-bond donors (Lipinski definition) is 2. The van der Waals surface area contributed by atoms with E-state index >= 15 is 0 Å². The summed E-state index contributed by atoms with van der Waals surface area (Å²) in [7, 11) is -1.96. The highest BCUT2D eigenvalue weighted by molar-refractivity contribution is 7.89. The summed E-state index contributed by atoms with van der Waals surface area (Å²) in [5.74, 6) is 0.0342. The van der Waals surface area contributed by atoms with Crippen LogP contribution in [0.15, 0.2) is 11.1 Å². The van der Waals surface area contributed by atoms with Crippen molar-refractivity contribution < 1.29 is 13.2 Å². The minimum absolute atomic E-state index is 0.0342. The lowest BCUT2D eigenvalue weighted by Crippen LogP contribution is -2.47. The van der Waals surface area contributed by atoms with Crippen LogP contribution in [-0.2, 0) is 21.3 Å². The number of nitrogens with two attached hydrogens (primary N) is 1. The minimum atomic E-state index is -3.59. The zero-order chi connectivity index (χ0) is 13.3. The van der Waals surface area contributed by atoms with Gasteiger partial charge in [0, 0.05) is 25.9 Å². The van der Waals surface area contributed by atoms with E-state index in [1.807, 2.05) is 6.92 Å². The average Bonchev–Trinajstić information content (AvgIpc) is 2.65. The lowest BCUT2D eigenvalue weighted by Gasteiger charge is -2.34. The van der Waals surface area contributed by atoms with Gasteiger partial charge in [0.15, 0.2) is 5.82 Å². The Balaban J connectivity index is 2.09. The molecule has 3 N–H and O–H groups in total. The topological polar surface area (TPSA) is 99.2 Å². The first-order valence-corrected chi connectivity index (χ1v) is 7.32. The Labute approximate surface area is 106 Å². The van der Waals surface area contributed by atoms with E-state index < -0.39 is 10.0 Å². The third-order valence-electron chi connectivity index (χ3n) is 3.12. The number of ether oxygens (including phenoxy) is 1. The van der Waals surface area contributed by atoms with Crippen molar-refractivity contribution in [3.63, 3.8) is 0 Å². The van der Waals surface area contributed by atoms with E-state index in [2.05, 4.69) is 9.82 Å². The van der Waals surface area contributed by atoms with Crippen LogP contribution >= 0.6 is 0 Å². The fourth-order valence-corrected chi connectivity index (χ4v) is 3.26. The molecule has 0 bridgehead atoms. The standard InChI is InChI=1S/C10H18N4O3S/c1-3-14-6-9(10(11)12-14)18(15,16)13-7-4-8(5-7)17-2/h6-8,13H,3-5H2,1-2H3,(H2,11,12). The highest BCUT2D eigenvalue weighted by atomic mass is 32.2. The molecule has 1 aromatic heterocycles. The summed E-state index contributed by atoms with van der Waals surface area (Å²) < 4.78 is 33.4. The van der Waals surface area contributed by atoms with Crippen molar-refractivity contribution in [2.45, 2.75) is 43.4 Å². The van der Waals surface area contributed by atoms with Gasteiger partial charge in [0.05, 0.1) is 6.10 Å². The van der Waals surface area contributed by atoms with E-state index in [0.717, 1.165) is 0 Å². The molecule has 0 unspecified atom stereocenters. The number of nitrogens with zero attached hydrogens (tertiary/aromatic N) is 2. The zero-order valence-corrected chi connectivity index (χ0v) is 11.3. The van der Waals surface area contributed by atoms with Crippen molar-refractivity contribution in [2.24, 2.45) is 0 Å². The summed E-state index contributed by atoms with van der Waals surface area (Å²) in [6, 6.07) is -0.0793. The summed E-state index contributed by atoms with van der Waals surface area (Å²) in [6.07, 6.45) is 2.98. The van der Waals surface area contributed by atoms with Crippen LogP contribution < -0.4 is 10.5 Å². The van der Waals surface area contributed by atoms with Crippen LogP contribution in [0, 0.1) is 0 Å². The van der Waals surface area contributed by atoms with Crippen molar-refractivity contribution in [1.82, 2.24) is 14.5 Å². The fraction of sp³-hybridized carbons (Fsp3) is 0.700. The SMILES string of the molecule is CCn1cc(S(=O)(=O)NC2CC(OC)C2)c(N)n1. The van der Waals surface area contributed by atoms with Crippen molar-refractivity contribution in [1.29, 1.82) is 0 Å². The normalized spacial score (nSPS) is 23.9. The molecular weight excluding hydrogens is 256 g/mol. The van der Waals surface area contributed by atoms with Gasteiger partial charge in [0.25, 0.3) is 0 Å². The van der Waals surface area contributed by atoms with Gasteiger partial charge in [-0.25, -0.2) is 13.1 Å². The summed E-state index contributed by atoms with van der Waals surface area (Å²) in [5, 5.41) is 3.93. The van der Waals surface area contributed by atoms with Gasteiger partial charge in [0.1, 0.15) is 4.90 Å². The van der Waals surface area contributed by atoms with Gasteiger partial charge >= 0.3 is 0 Å². The largest absolute Gasteiger partial charge is 0.381 e. The second-order valence-corrected chi connectivity index (χ2v) is 6.06. The third-order valence-corrected chi connectivity index (χ3v) is 4.66. The van der Waals surface area contributed by atoms with Crippen LogP contribution in [0.1, 0.15) is 19.8 Å². The predicted octanol–water partition coefficient (Wildman–Crippen LogP) is -0.0591. The van der Waals surface area contributed by atoms with Crippen LogP contribution in [0.2, 0.25) is 0 Å². The molecule has 0 spiro atoms. The monoisotopic (exact) mass is 274 g/mol. The molecule has 0 radical (unpaired) electrons. The lowest BCUT2D eigenvalue weighted by molar-refractivity contribution is 0.0236. The van der Waals surface area contributed by atoms with Crippen molar-refractivity contribution >= 4 is 15.8 Å². The first-order valence-electron chi connectivity index (χ1n) is 5.84. The number of anilines is 1. The van der Waals surface area contributed by atoms with E-state index in [-0.39, 0.29) is 22.9 Å². The molecule has 1 heterocycles. The first-order chi connectivity index (χ1) is 8.46. The highest BCUT2D eigenvalue weighted by Crippen LogP contribution is 2.25. The van der Waals surface area contributed by atoms with Gasteiger partial charge in [-0.1, -0.05) is 0 Å². The Bertz CT molecular complexity index is 519. The molecule has 102 valence electrons. The average molecular weight is 274 g/mol. The fourth-order valence-electron chi connectivity index (χ4n) is 1.92. The Morgan fingerprint density at radius 2 is 2.28 bits per heavy atom. The number of aryl methyl sites for hydroxylation is 1. The second-order valence-electron chi connectivity index (χ2n) is 4.38. The molecule has 0 aromatic carbocycles. The molecule has 0 atom stereocenters. The summed E-state index contributed by atoms with van der Waals surface area (Å²) in [5.41, 5.74) is 5.62. The maximum Gasteiger partial charge on any atom is 0.246 e. The molecule has 1 aliphatic carbocycles. The molecule has 8 heteroatoms. The van der Waals surface area contributed by atoms with E-state index in [1.54, 1.807) is 7.11 Å². The smallest absolute Gasteiger partial charge is 0.246 e. The number of nitrogens with one attached hydrogen (secondary N) is 1. The third kappa shape index (κ3) is 2.50. The van der Waals surface area contributed by atoms with Crippen LogP contribution in [0.5, 0.6) is 0 Å². The van der Waals surface area contributed by atoms with Gasteiger partial charge in [0.2, 0.25) is 10.0 Å². The Morgan fingerprint density at radius 3 is 2.78 bits per heavy atom. The molecule has 7 nitrogen and oxygen atoms in total. The summed E-state index contributed by atoms with van der Waals surface area (Å²) >= 11 is 0. The molecule has 0 aliphatic heterocycles. The Kier molecular flexibility index (Phi) is 3.60. The number of aromatic nitrogens is 2. The molecule has 0 saturated heterocycles. The quantitative estimate of drug-likeness (QED) is 0.783. The van der Waals surface area contributed by atoms with Crippen molar-refractivity contribution in [3.8, 4) is 0 Å². The van der Waals surface area contributed by atoms with E-state index in [9.17, 15) is 8.42 Å². The summed E-state index contributed by atoms with van der Waals surface area (Å²) in [6.45, 7) is 2.44. The number of hydrogen-bond acceptors (Lipinski definition) is 5. The molecule has 1 aromatic rings. The first kappa shape index (κ1) is 13.3. The van der Waals surface area contributed by atoms with Crippen LogP contribution in [-0.4, -0.2) is 37.5 Å². The van der Waals surface area contributed by atoms with Crippen LogP contribution in [0.3, 0.4) is 0 Å². The Morgan fingerprint density at radius 1 is 1.61 bits per heavy atom. The molecule has 2 rings (SSSR count). The van der Waals surface area contributed by atoms with Gasteiger partial charge in [-0.2, -0.15) is 5.10 Å². The molecule has 0 amide bonds. The summed E-state index contributed by atoms with van der Waals surface area (Å²) in [4.78, 5) is 0.0465. The van der Waals surface area contributed by atoms with Crippen molar-refractivity contribution in [3.05, 3.63) is 6.20 Å². The predicted molar refractivity (Wildman–Crippen MR) is 66.5 cm³/mol. The van der Waals surface area contributed by atoms with E-state index in [0.29, 0.717) is 19.4 Å². The molecule has 1 fully saturated rings. The molecule has 1 aliphatic rings. The number of sulfonamides is 1. The molecular formula is C10H18N4O3S. The van der Waals surface area contributed by atoms with Crippen LogP contribution in [0.25, 0.3) is 0 Å². The second kappa shape index (κ2) is 4.87. The van der Waals surface area contributed by atoms with E-state index in [4.69, 9.17) is 10.5 Å². The van der Waals surface area contributed by atoms with Gasteiger partial charge < -0.3 is 10.5 Å². The molecule has 1 saturated carbocycles. The number of rotatable bonds is 5.